The van der Waals surface area contributed by atoms with Crippen LogP contribution in [-0.2, 0) is 0 Å². The van der Waals surface area contributed by atoms with Crippen LogP contribution in [0, 0.1) is 5.92 Å². The quantitative estimate of drug-likeness (QED) is 0.763. The van der Waals surface area contributed by atoms with Crippen molar-refractivity contribution in [3.05, 3.63) is 0 Å². The fourth-order valence-corrected chi connectivity index (χ4v) is 2.68. The Morgan fingerprint density at radius 1 is 1.35 bits per heavy atom. The predicted octanol–water partition coefficient (Wildman–Crippen LogP) is 1.65. The van der Waals surface area contributed by atoms with Gasteiger partial charge in [0.25, 0.3) is 0 Å². The van der Waals surface area contributed by atoms with Gasteiger partial charge < -0.3 is 10.2 Å². The second kappa shape index (κ2) is 7.34. The molecule has 1 fully saturated rings. The molecule has 1 N–H and O–H groups in total. The number of nitrogens with zero attached hydrogens (tertiary/aromatic N) is 2. The van der Waals surface area contributed by atoms with Gasteiger partial charge in [-0.3, -0.25) is 4.90 Å². The Hall–Kier alpha value is -0.120. The van der Waals surface area contributed by atoms with E-state index in [4.69, 9.17) is 0 Å². The summed E-state index contributed by atoms with van der Waals surface area (Å²) in [4.78, 5) is 5.06. The van der Waals surface area contributed by atoms with Crippen LogP contribution in [0.15, 0.2) is 0 Å². The third-order valence-corrected chi connectivity index (χ3v) is 4.27. The van der Waals surface area contributed by atoms with E-state index in [1.54, 1.807) is 0 Å². The van der Waals surface area contributed by atoms with Gasteiger partial charge in [-0.05, 0) is 59.4 Å². The van der Waals surface area contributed by atoms with Crippen LogP contribution >= 0.6 is 0 Å². The molecule has 0 saturated carbocycles. The van der Waals surface area contributed by atoms with E-state index in [2.05, 4.69) is 50.0 Å². The lowest BCUT2D eigenvalue weighted by molar-refractivity contribution is 0.0802. The Labute approximate surface area is 108 Å². The molecule has 1 aliphatic heterocycles. The minimum Gasteiger partial charge on any atom is -0.317 e. The van der Waals surface area contributed by atoms with E-state index in [-0.39, 0.29) is 0 Å². The van der Waals surface area contributed by atoms with Crippen LogP contribution in [0.25, 0.3) is 0 Å². The van der Waals surface area contributed by atoms with Crippen LogP contribution in [-0.4, -0.2) is 62.2 Å². The number of nitrogens with one attached hydrogen (secondary N) is 1. The van der Waals surface area contributed by atoms with Crippen molar-refractivity contribution in [2.45, 2.75) is 45.7 Å². The van der Waals surface area contributed by atoms with Gasteiger partial charge in [-0.25, -0.2) is 0 Å². The first kappa shape index (κ1) is 14.9. The van der Waals surface area contributed by atoms with Gasteiger partial charge in [0.1, 0.15) is 0 Å². The largest absolute Gasteiger partial charge is 0.317 e. The maximum absolute atomic E-state index is 3.46. The molecule has 3 nitrogen and oxygen atoms in total. The third kappa shape index (κ3) is 4.57. The summed E-state index contributed by atoms with van der Waals surface area (Å²) in [5.74, 6) is 0.732. The molecule has 1 rings (SSSR count). The Bertz CT molecular complexity index is 206. The summed E-state index contributed by atoms with van der Waals surface area (Å²) < 4.78 is 0. The summed E-state index contributed by atoms with van der Waals surface area (Å²) >= 11 is 0. The molecule has 0 spiro atoms. The standard InChI is InChI=1S/C14H31N3/c1-6-15-10-12(2)13(3)17-9-7-8-14(11-17)16(4)5/h12-15H,6-11H2,1-5H3. The van der Waals surface area contributed by atoms with Crippen molar-refractivity contribution in [1.29, 1.82) is 0 Å². The molecule has 0 radical (unpaired) electrons. The highest BCUT2D eigenvalue weighted by atomic mass is 15.2. The normalized spacial score (nSPS) is 26.1. The van der Waals surface area contributed by atoms with Gasteiger partial charge in [-0.2, -0.15) is 0 Å². The molecule has 17 heavy (non-hydrogen) atoms. The van der Waals surface area contributed by atoms with E-state index < -0.39 is 0 Å². The summed E-state index contributed by atoms with van der Waals surface area (Å²) in [6.45, 7) is 11.7. The van der Waals surface area contributed by atoms with Crippen LogP contribution in [0.2, 0.25) is 0 Å². The van der Waals surface area contributed by atoms with Gasteiger partial charge in [0.05, 0.1) is 0 Å². The summed E-state index contributed by atoms with van der Waals surface area (Å²) in [5, 5.41) is 3.46. The lowest BCUT2D eigenvalue weighted by Gasteiger charge is -2.41. The topological polar surface area (TPSA) is 18.5 Å². The first-order chi connectivity index (χ1) is 8.06. The molecule has 0 aliphatic carbocycles. The number of likely N-dealkylation sites (tertiary alicyclic amines) is 1. The highest BCUT2D eigenvalue weighted by Crippen LogP contribution is 2.19. The van der Waals surface area contributed by atoms with E-state index in [1.165, 1.54) is 25.9 Å². The van der Waals surface area contributed by atoms with Gasteiger partial charge in [-0.15, -0.1) is 0 Å². The van der Waals surface area contributed by atoms with Crippen molar-refractivity contribution in [1.82, 2.24) is 15.1 Å². The van der Waals surface area contributed by atoms with Crippen LogP contribution in [0.3, 0.4) is 0 Å². The van der Waals surface area contributed by atoms with Crippen molar-refractivity contribution < 1.29 is 0 Å². The molecule has 3 unspecified atom stereocenters. The molecule has 1 heterocycles. The molecule has 0 aromatic rings. The average Bonchev–Trinajstić information content (AvgIpc) is 2.35. The Kier molecular flexibility index (Phi) is 6.45. The van der Waals surface area contributed by atoms with Crippen LogP contribution in [0.1, 0.15) is 33.6 Å². The van der Waals surface area contributed by atoms with Gasteiger partial charge in [0.15, 0.2) is 0 Å². The first-order valence-electron chi connectivity index (χ1n) is 7.17. The highest BCUT2D eigenvalue weighted by Gasteiger charge is 2.26. The highest BCUT2D eigenvalue weighted by molar-refractivity contribution is 4.83. The number of hydrogen-bond acceptors (Lipinski definition) is 3. The van der Waals surface area contributed by atoms with Crippen LogP contribution in [0.5, 0.6) is 0 Å². The molecule has 0 bridgehead atoms. The average molecular weight is 241 g/mol. The summed E-state index contributed by atoms with van der Waals surface area (Å²) in [6.07, 6.45) is 2.71. The zero-order valence-electron chi connectivity index (χ0n) is 12.4. The van der Waals surface area contributed by atoms with Gasteiger partial charge in [0, 0.05) is 18.6 Å². The number of piperidine rings is 1. The van der Waals surface area contributed by atoms with E-state index in [0.29, 0.717) is 6.04 Å². The molecule has 102 valence electrons. The SMILES string of the molecule is CCNCC(C)C(C)N1CCCC(N(C)C)C1. The molecule has 3 heteroatoms. The van der Waals surface area contributed by atoms with E-state index >= 15 is 0 Å². The number of rotatable bonds is 6. The van der Waals surface area contributed by atoms with E-state index in [0.717, 1.165) is 25.0 Å². The Balaban J connectivity index is 2.42. The molecular weight excluding hydrogens is 210 g/mol. The number of hydrogen-bond donors (Lipinski definition) is 1. The molecule has 1 aliphatic rings. The zero-order chi connectivity index (χ0) is 12.8. The molecule has 1 saturated heterocycles. The minimum absolute atomic E-state index is 0.691. The van der Waals surface area contributed by atoms with Crippen LogP contribution < -0.4 is 5.32 Å². The summed E-state index contributed by atoms with van der Waals surface area (Å²) in [6, 6.07) is 1.44. The van der Waals surface area contributed by atoms with Gasteiger partial charge >= 0.3 is 0 Å². The van der Waals surface area contributed by atoms with Crippen molar-refractivity contribution >= 4 is 0 Å². The first-order valence-corrected chi connectivity index (χ1v) is 7.17. The fraction of sp³-hybridized carbons (Fsp3) is 1.00. The van der Waals surface area contributed by atoms with Crippen molar-refractivity contribution in [3.63, 3.8) is 0 Å². The Morgan fingerprint density at radius 3 is 2.65 bits per heavy atom. The maximum atomic E-state index is 3.46. The fourth-order valence-electron chi connectivity index (χ4n) is 2.68. The smallest absolute Gasteiger partial charge is 0.0217 e. The van der Waals surface area contributed by atoms with Crippen molar-refractivity contribution in [3.8, 4) is 0 Å². The minimum atomic E-state index is 0.691. The third-order valence-electron chi connectivity index (χ3n) is 4.27. The number of likely N-dealkylation sites (N-methyl/N-ethyl adjacent to an activating group) is 1. The molecule has 3 atom stereocenters. The Morgan fingerprint density at radius 2 is 2.06 bits per heavy atom. The second-order valence-electron chi connectivity index (χ2n) is 5.78. The van der Waals surface area contributed by atoms with E-state index in [1.807, 2.05) is 0 Å². The van der Waals surface area contributed by atoms with Crippen molar-refractivity contribution in [2.75, 3.05) is 40.3 Å². The lowest BCUT2D eigenvalue weighted by Crippen LogP contribution is -2.51. The summed E-state index contributed by atoms with van der Waals surface area (Å²) in [5.41, 5.74) is 0. The van der Waals surface area contributed by atoms with Gasteiger partial charge in [0.2, 0.25) is 0 Å². The molecule has 0 aromatic carbocycles. The second-order valence-corrected chi connectivity index (χ2v) is 5.78. The lowest BCUT2D eigenvalue weighted by atomic mass is 9.97. The summed E-state index contributed by atoms with van der Waals surface area (Å²) in [7, 11) is 4.42. The molecule has 0 aromatic heterocycles. The van der Waals surface area contributed by atoms with Crippen molar-refractivity contribution in [2.24, 2.45) is 5.92 Å². The zero-order valence-corrected chi connectivity index (χ0v) is 12.4. The van der Waals surface area contributed by atoms with Gasteiger partial charge in [-0.1, -0.05) is 13.8 Å². The monoisotopic (exact) mass is 241 g/mol. The predicted molar refractivity (Wildman–Crippen MR) is 75.5 cm³/mol. The maximum Gasteiger partial charge on any atom is 0.0217 e. The molecular formula is C14H31N3. The van der Waals surface area contributed by atoms with E-state index in [9.17, 15) is 0 Å². The van der Waals surface area contributed by atoms with Crippen LogP contribution in [0.4, 0.5) is 0 Å². The molecule has 0 amide bonds.